The molecule has 0 aromatic heterocycles. The number of thioether (sulfide) groups is 1. The van der Waals surface area contributed by atoms with Crippen molar-refractivity contribution in [2.75, 3.05) is 11.5 Å². The van der Waals surface area contributed by atoms with Crippen molar-refractivity contribution < 1.29 is 9.59 Å². The molecular formula is C14H26N2O2S. The Hall–Kier alpha value is -0.710. The SMILES string of the molecule is CCCC1NC(=O)C(C)N(C(C)CCSCC)C1=O. The van der Waals surface area contributed by atoms with Crippen molar-refractivity contribution in [3.8, 4) is 0 Å². The minimum Gasteiger partial charge on any atom is -0.343 e. The van der Waals surface area contributed by atoms with Gasteiger partial charge in [-0.25, -0.2) is 0 Å². The number of amides is 2. The van der Waals surface area contributed by atoms with E-state index < -0.39 is 0 Å². The third-order valence-corrected chi connectivity index (χ3v) is 4.53. The van der Waals surface area contributed by atoms with Crippen LogP contribution in [0.1, 0.15) is 47.0 Å². The van der Waals surface area contributed by atoms with Crippen LogP contribution in [0, 0.1) is 0 Å². The van der Waals surface area contributed by atoms with E-state index in [2.05, 4.69) is 12.2 Å². The zero-order valence-electron chi connectivity index (χ0n) is 12.4. The highest BCUT2D eigenvalue weighted by molar-refractivity contribution is 7.99. The Morgan fingerprint density at radius 2 is 2.05 bits per heavy atom. The monoisotopic (exact) mass is 286 g/mol. The van der Waals surface area contributed by atoms with Gasteiger partial charge in [0.2, 0.25) is 11.8 Å². The molecule has 1 saturated heterocycles. The van der Waals surface area contributed by atoms with Crippen LogP contribution in [0.4, 0.5) is 0 Å². The summed E-state index contributed by atoms with van der Waals surface area (Å²) in [5.41, 5.74) is 0. The second kappa shape index (κ2) is 7.78. The fourth-order valence-electron chi connectivity index (χ4n) is 2.47. The fourth-order valence-corrected chi connectivity index (χ4v) is 3.27. The largest absolute Gasteiger partial charge is 0.343 e. The number of carbonyl (C=O) groups excluding carboxylic acids is 2. The molecule has 1 rings (SSSR count). The molecule has 0 aliphatic carbocycles. The average Bonchev–Trinajstić information content (AvgIpc) is 2.37. The van der Waals surface area contributed by atoms with E-state index in [1.165, 1.54) is 0 Å². The van der Waals surface area contributed by atoms with Gasteiger partial charge < -0.3 is 10.2 Å². The number of piperazine rings is 1. The van der Waals surface area contributed by atoms with E-state index in [1.54, 1.807) is 4.90 Å². The lowest BCUT2D eigenvalue weighted by atomic mass is 10.0. The number of carbonyl (C=O) groups is 2. The summed E-state index contributed by atoms with van der Waals surface area (Å²) in [6.07, 6.45) is 2.57. The number of hydrogen-bond donors (Lipinski definition) is 1. The Kier molecular flexibility index (Phi) is 6.69. The van der Waals surface area contributed by atoms with Gasteiger partial charge in [-0.3, -0.25) is 9.59 Å². The molecule has 2 amide bonds. The lowest BCUT2D eigenvalue weighted by Gasteiger charge is -2.41. The molecular weight excluding hydrogens is 260 g/mol. The van der Waals surface area contributed by atoms with Crippen LogP contribution in [0.2, 0.25) is 0 Å². The summed E-state index contributed by atoms with van der Waals surface area (Å²) in [7, 11) is 0. The normalized spacial score (nSPS) is 25.4. The van der Waals surface area contributed by atoms with E-state index >= 15 is 0 Å². The van der Waals surface area contributed by atoms with E-state index in [0.717, 1.165) is 30.8 Å². The first kappa shape index (κ1) is 16.3. The molecule has 5 heteroatoms. The van der Waals surface area contributed by atoms with Crippen LogP contribution < -0.4 is 5.32 Å². The molecule has 0 spiro atoms. The topological polar surface area (TPSA) is 49.4 Å². The zero-order valence-corrected chi connectivity index (χ0v) is 13.3. The Bertz CT molecular complexity index is 323. The Morgan fingerprint density at radius 3 is 2.63 bits per heavy atom. The van der Waals surface area contributed by atoms with Gasteiger partial charge in [0.25, 0.3) is 0 Å². The number of hydrogen-bond acceptors (Lipinski definition) is 3. The van der Waals surface area contributed by atoms with Gasteiger partial charge in [0.1, 0.15) is 12.1 Å². The third kappa shape index (κ3) is 4.13. The molecule has 1 aliphatic rings. The zero-order chi connectivity index (χ0) is 14.4. The summed E-state index contributed by atoms with van der Waals surface area (Å²) >= 11 is 1.88. The maximum atomic E-state index is 12.4. The molecule has 19 heavy (non-hydrogen) atoms. The third-order valence-electron chi connectivity index (χ3n) is 3.60. The van der Waals surface area contributed by atoms with Crippen LogP contribution in [0.5, 0.6) is 0 Å². The molecule has 1 heterocycles. The number of nitrogens with zero attached hydrogens (tertiary/aromatic N) is 1. The molecule has 0 radical (unpaired) electrons. The van der Waals surface area contributed by atoms with Gasteiger partial charge in [-0.1, -0.05) is 20.3 Å². The summed E-state index contributed by atoms with van der Waals surface area (Å²) in [4.78, 5) is 26.2. The summed E-state index contributed by atoms with van der Waals surface area (Å²) in [6, 6.07) is -0.538. The first-order valence-corrected chi connectivity index (χ1v) is 8.38. The summed E-state index contributed by atoms with van der Waals surface area (Å²) in [5.74, 6) is 2.19. The molecule has 0 bridgehead atoms. The van der Waals surface area contributed by atoms with Crippen molar-refractivity contribution in [1.82, 2.24) is 10.2 Å². The van der Waals surface area contributed by atoms with Gasteiger partial charge in [0.15, 0.2) is 0 Å². The molecule has 0 aromatic carbocycles. The number of rotatable bonds is 7. The van der Waals surface area contributed by atoms with E-state index in [1.807, 2.05) is 32.5 Å². The second-order valence-corrected chi connectivity index (χ2v) is 6.50. The predicted molar refractivity (Wildman–Crippen MR) is 80.2 cm³/mol. The highest BCUT2D eigenvalue weighted by Gasteiger charge is 2.39. The molecule has 1 N–H and O–H groups in total. The summed E-state index contributed by atoms with van der Waals surface area (Å²) in [5, 5.41) is 2.83. The van der Waals surface area contributed by atoms with Crippen LogP contribution in [0.25, 0.3) is 0 Å². The smallest absolute Gasteiger partial charge is 0.246 e. The molecule has 0 aromatic rings. The van der Waals surface area contributed by atoms with Gasteiger partial charge in [0.05, 0.1) is 0 Å². The Morgan fingerprint density at radius 1 is 1.37 bits per heavy atom. The lowest BCUT2D eigenvalue weighted by Crippen LogP contribution is -2.64. The lowest BCUT2D eigenvalue weighted by molar-refractivity contribution is -0.151. The van der Waals surface area contributed by atoms with E-state index in [4.69, 9.17) is 0 Å². The van der Waals surface area contributed by atoms with E-state index in [-0.39, 0.29) is 29.9 Å². The Labute approximate surface area is 120 Å². The maximum Gasteiger partial charge on any atom is 0.246 e. The van der Waals surface area contributed by atoms with Gasteiger partial charge in [-0.15, -0.1) is 0 Å². The van der Waals surface area contributed by atoms with Crippen LogP contribution in [-0.2, 0) is 9.59 Å². The quantitative estimate of drug-likeness (QED) is 0.729. The van der Waals surface area contributed by atoms with Gasteiger partial charge in [-0.05, 0) is 38.2 Å². The highest BCUT2D eigenvalue weighted by atomic mass is 32.2. The van der Waals surface area contributed by atoms with Crippen molar-refractivity contribution >= 4 is 23.6 Å². The Balaban J connectivity index is 2.70. The van der Waals surface area contributed by atoms with Crippen molar-refractivity contribution in [1.29, 1.82) is 0 Å². The van der Waals surface area contributed by atoms with Crippen molar-refractivity contribution in [2.24, 2.45) is 0 Å². The van der Waals surface area contributed by atoms with E-state index in [0.29, 0.717) is 0 Å². The molecule has 3 unspecified atom stereocenters. The molecule has 1 fully saturated rings. The summed E-state index contributed by atoms with van der Waals surface area (Å²) in [6.45, 7) is 8.03. The first-order valence-electron chi connectivity index (χ1n) is 7.23. The molecule has 0 saturated carbocycles. The van der Waals surface area contributed by atoms with Gasteiger partial charge in [-0.2, -0.15) is 11.8 Å². The van der Waals surface area contributed by atoms with Crippen LogP contribution in [0.3, 0.4) is 0 Å². The maximum absolute atomic E-state index is 12.4. The molecule has 1 aliphatic heterocycles. The van der Waals surface area contributed by atoms with Crippen LogP contribution >= 0.6 is 11.8 Å². The summed E-state index contributed by atoms with van der Waals surface area (Å²) < 4.78 is 0. The minimum absolute atomic E-state index is 0.0203. The van der Waals surface area contributed by atoms with Crippen molar-refractivity contribution in [3.05, 3.63) is 0 Å². The minimum atomic E-state index is -0.345. The van der Waals surface area contributed by atoms with Crippen molar-refractivity contribution in [3.63, 3.8) is 0 Å². The van der Waals surface area contributed by atoms with Gasteiger partial charge >= 0.3 is 0 Å². The molecule has 3 atom stereocenters. The van der Waals surface area contributed by atoms with Crippen LogP contribution in [0.15, 0.2) is 0 Å². The molecule has 110 valence electrons. The van der Waals surface area contributed by atoms with E-state index in [9.17, 15) is 9.59 Å². The number of nitrogens with one attached hydrogen (secondary N) is 1. The van der Waals surface area contributed by atoms with Crippen LogP contribution in [-0.4, -0.2) is 46.3 Å². The fraction of sp³-hybridized carbons (Fsp3) is 0.857. The second-order valence-electron chi connectivity index (χ2n) is 5.11. The predicted octanol–water partition coefficient (Wildman–Crippen LogP) is 2.03. The van der Waals surface area contributed by atoms with Gasteiger partial charge in [0, 0.05) is 6.04 Å². The molecule has 4 nitrogen and oxygen atoms in total. The van der Waals surface area contributed by atoms with Crippen molar-refractivity contribution in [2.45, 2.75) is 65.1 Å². The average molecular weight is 286 g/mol. The highest BCUT2D eigenvalue weighted by Crippen LogP contribution is 2.19. The standard InChI is InChI=1S/C14H26N2O2S/c1-5-7-12-14(18)16(11(4)13(17)15-12)10(3)8-9-19-6-2/h10-12H,5-9H2,1-4H3,(H,15,17). The first-order chi connectivity index (χ1) is 9.02.